The fourth-order valence-corrected chi connectivity index (χ4v) is 3.96. The normalized spacial score (nSPS) is 10.8. The lowest BCUT2D eigenvalue weighted by atomic mass is 10.2. The molecule has 3 N–H and O–H groups in total. The van der Waals surface area contributed by atoms with E-state index in [-0.39, 0.29) is 26.7 Å². The molecule has 0 bridgehead atoms. The summed E-state index contributed by atoms with van der Waals surface area (Å²) in [4.78, 5) is 24.4. The zero-order chi connectivity index (χ0) is 23.1. The minimum atomic E-state index is -3.81. The van der Waals surface area contributed by atoms with Crippen molar-refractivity contribution in [3.05, 3.63) is 88.9 Å². The van der Waals surface area contributed by atoms with E-state index in [1.54, 1.807) is 30.3 Å². The van der Waals surface area contributed by atoms with Gasteiger partial charge in [0, 0.05) is 11.3 Å². The van der Waals surface area contributed by atoms with Gasteiger partial charge in [0.15, 0.2) is 0 Å². The van der Waals surface area contributed by atoms with E-state index in [2.05, 4.69) is 15.6 Å². The Morgan fingerprint density at radius 3 is 2.12 bits per heavy atom. The number of anilines is 1. The molecule has 0 unspecified atom stereocenters. The third kappa shape index (κ3) is 5.77. The number of hydrogen-bond acceptors (Lipinski definition) is 5. The second-order valence-corrected chi connectivity index (χ2v) is 8.56. The Kier molecular flexibility index (Phi) is 7.34. The van der Waals surface area contributed by atoms with E-state index in [0.717, 1.165) is 0 Å². The lowest BCUT2D eigenvalue weighted by Gasteiger charge is -2.11. The van der Waals surface area contributed by atoms with Crippen molar-refractivity contribution in [2.24, 2.45) is 0 Å². The Morgan fingerprint density at radius 1 is 0.875 bits per heavy atom. The largest absolute Gasteiger partial charge is 0.494 e. The van der Waals surface area contributed by atoms with E-state index >= 15 is 0 Å². The highest BCUT2D eigenvalue weighted by Gasteiger charge is 2.15. The van der Waals surface area contributed by atoms with Crippen LogP contribution < -0.4 is 20.3 Å². The molecule has 3 rings (SSSR count). The summed E-state index contributed by atoms with van der Waals surface area (Å²) < 4.78 is 32.8. The van der Waals surface area contributed by atoms with E-state index in [1.165, 1.54) is 42.5 Å². The van der Waals surface area contributed by atoms with Crippen molar-refractivity contribution in [2.45, 2.75) is 11.8 Å². The van der Waals surface area contributed by atoms with Crippen LogP contribution in [0.4, 0.5) is 5.69 Å². The van der Waals surface area contributed by atoms with Crippen LogP contribution in [0.5, 0.6) is 5.75 Å². The number of hydrazine groups is 1. The molecule has 0 spiro atoms. The Morgan fingerprint density at radius 2 is 1.50 bits per heavy atom. The number of halogens is 1. The van der Waals surface area contributed by atoms with Crippen molar-refractivity contribution < 1.29 is 22.7 Å². The maximum atomic E-state index is 12.5. The predicted molar refractivity (Wildman–Crippen MR) is 121 cm³/mol. The van der Waals surface area contributed by atoms with E-state index in [9.17, 15) is 18.0 Å². The van der Waals surface area contributed by atoms with Gasteiger partial charge in [-0.05, 0) is 67.6 Å². The number of carbonyl (C=O) groups excluding carboxylic acids is 2. The van der Waals surface area contributed by atoms with Gasteiger partial charge >= 0.3 is 0 Å². The van der Waals surface area contributed by atoms with Crippen molar-refractivity contribution in [1.29, 1.82) is 0 Å². The maximum Gasteiger partial charge on any atom is 0.271 e. The molecular formula is C22H20ClN3O5S. The summed E-state index contributed by atoms with van der Waals surface area (Å²) in [5.41, 5.74) is 5.27. The number of hydrogen-bond donors (Lipinski definition) is 3. The number of ether oxygens (including phenoxy) is 1. The van der Waals surface area contributed by atoms with Gasteiger partial charge in [0.1, 0.15) is 5.75 Å². The predicted octanol–water partition coefficient (Wildman–Crippen LogP) is 3.61. The van der Waals surface area contributed by atoms with E-state index < -0.39 is 21.8 Å². The van der Waals surface area contributed by atoms with Crippen LogP contribution in [0.1, 0.15) is 27.6 Å². The van der Waals surface area contributed by atoms with Gasteiger partial charge in [-0.15, -0.1) is 0 Å². The monoisotopic (exact) mass is 473 g/mol. The highest BCUT2D eigenvalue weighted by atomic mass is 35.5. The molecule has 0 heterocycles. The first-order chi connectivity index (χ1) is 15.3. The van der Waals surface area contributed by atoms with Crippen molar-refractivity contribution in [1.82, 2.24) is 10.9 Å². The molecule has 3 aromatic rings. The molecule has 2 amide bonds. The first kappa shape index (κ1) is 23.1. The van der Waals surface area contributed by atoms with Crippen LogP contribution in [0.15, 0.2) is 77.7 Å². The van der Waals surface area contributed by atoms with Gasteiger partial charge in [0.2, 0.25) is 0 Å². The highest BCUT2D eigenvalue weighted by molar-refractivity contribution is 7.92. The molecule has 8 nitrogen and oxygen atoms in total. The van der Waals surface area contributed by atoms with Crippen LogP contribution in [0.2, 0.25) is 5.02 Å². The molecule has 0 saturated heterocycles. The molecule has 0 aliphatic heterocycles. The van der Waals surface area contributed by atoms with Gasteiger partial charge in [0.25, 0.3) is 21.8 Å². The van der Waals surface area contributed by atoms with Gasteiger partial charge < -0.3 is 4.74 Å². The first-order valence-corrected chi connectivity index (χ1v) is 11.4. The van der Waals surface area contributed by atoms with Crippen molar-refractivity contribution >= 4 is 39.1 Å². The molecule has 32 heavy (non-hydrogen) atoms. The lowest BCUT2D eigenvalue weighted by molar-refractivity contribution is 0.0847. The summed E-state index contributed by atoms with van der Waals surface area (Å²) in [6, 6.07) is 18.2. The molecule has 0 radical (unpaired) electrons. The summed E-state index contributed by atoms with van der Waals surface area (Å²) in [6.07, 6.45) is 0. The number of carbonyl (C=O) groups is 2. The zero-order valence-electron chi connectivity index (χ0n) is 17.0. The quantitative estimate of drug-likeness (QED) is 0.453. The van der Waals surface area contributed by atoms with Crippen LogP contribution in [-0.4, -0.2) is 26.8 Å². The summed E-state index contributed by atoms with van der Waals surface area (Å²) in [5, 5.41) is 0.253. The van der Waals surface area contributed by atoms with Crippen LogP contribution in [-0.2, 0) is 10.0 Å². The van der Waals surface area contributed by atoms with E-state index in [4.69, 9.17) is 16.3 Å². The Balaban J connectivity index is 1.61. The molecule has 0 saturated carbocycles. The smallest absolute Gasteiger partial charge is 0.271 e. The van der Waals surface area contributed by atoms with Gasteiger partial charge in [0.05, 0.1) is 22.1 Å². The average molecular weight is 474 g/mol. The van der Waals surface area contributed by atoms with Crippen LogP contribution >= 0.6 is 11.6 Å². The summed E-state index contributed by atoms with van der Waals surface area (Å²) in [7, 11) is -3.81. The molecule has 0 atom stereocenters. The molecule has 0 aromatic heterocycles. The minimum Gasteiger partial charge on any atom is -0.494 e. The van der Waals surface area contributed by atoms with Gasteiger partial charge in [-0.1, -0.05) is 23.7 Å². The summed E-state index contributed by atoms with van der Waals surface area (Å²) >= 11 is 5.95. The SMILES string of the molecule is CCOc1ccc(S(=O)(=O)Nc2ccc(C(=O)NNC(=O)c3ccccc3Cl)cc2)cc1. The molecule has 166 valence electrons. The lowest BCUT2D eigenvalue weighted by Crippen LogP contribution is -2.41. The van der Waals surface area contributed by atoms with Crippen molar-refractivity contribution in [3.63, 3.8) is 0 Å². The number of rotatable bonds is 7. The van der Waals surface area contributed by atoms with E-state index in [1.807, 2.05) is 6.92 Å². The number of nitrogens with one attached hydrogen (secondary N) is 3. The Bertz CT molecular complexity index is 1210. The minimum absolute atomic E-state index is 0.0741. The Labute approximate surface area is 190 Å². The third-order valence-electron chi connectivity index (χ3n) is 4.25. The van der Waals surface area contributed by atoms with Gasteiger partial charge in [-0.2, -0.15) is 0 Å². The van der Waals surface area contributed by atoms with Crippen LogP contribution in [0.25, 0.3) is 0 Å². The Hall–Kier alpha value is -3.56. The standard InChI is InChI=1S/C22H20ClN3O5S/c1-2-31-17-11-13-18(14-12-17)32(29,30)26-16-9-7-15(8-10-16)21(27)24-25-22(28)19-5-3-4-6-20(19)23/h3-14,26H,2H2,1H3,(H,24,27)(H,25,28). The molecule has 3 aromatic carbocycles. The maximum absolute atomic E-state index is 12.5. The van der Waals surface area contributed by atoms with Gasteiger partial charge in [-0.25, -0.2) is 8.42 Å². The van der Waals surface area contributed by atoms with Gasteiger partial charge in [-0.3, -0.25) is 25.2 Å². The van der Waals surface area contributed by atoms with E-state index in [0.29, 0.717) is 12.4 Å². The third-order valence-corrected chi connectivity index (χ3v) is 5.98. The molecule has 0 aliphatic carbocycles. The summed E-state index contributed by atoms with van der Waals surface area (Å²) in [6.45, 7) is 2.32. The van der Waals surface area contributed by atoms with Crippen LogP contribution in [0, 0.1) is 0 Å². The molecule has 0 fully saturated rings. The molecule has 0 aliphatic rings. The molecular weight excluding hydrogens is 454 g/mol. The number of amides is 2. The zero-order valence-corrected chi connectivity index (χ0v) is 18.5. The average Bonchev–Trinajstić information content (AvgIpc) is 2.78. The highest BCUT2D eigenvalue weighted by Crippen LogP contribution is 2.20. The summed E-state index contributed by atoms with van der Waals surface area (Å²) in [5.74, 6) is -0.571. The molecule has 10 heteroatoms. The van der Waals surface area contributed by atoms with Crippen LogP contribution in [0.3, 0.4) is 0 Å². The second kappa shape index (κ2) is 10.2. The topological polar surface area (TPSA) is 114 Å². The second-order valence-electron chi connectivity index (χ2n) is 6.48. The fourth-order valence-electron chi connectivity index (χ4n) is 2.68. The fraction of sp³-hybridized carbons (Fsp3) is 0.0909. The number of sulfonamides is 1. The first-order valence-electron chi connectivity index (χ1n) is 9.51. The number of benzene rings is 3. The van der Waals surface area contributed by atoms with Crippen molar-refractivity contribution in [3.8, 4) is 5.75 Å². The van der Waals surface area contributed by atoms with Crippen molar-refractivity contribution in [2.75, 3.05) is 11.3 Å².